The van der Waals surface area contributed by atoms with Crippen LogP contribution in [0.3, 0.4) is 0 Å². The molecule has 5 rings (SSSR count). The van der Waals surface area contributed by atoms with Crippen molar-refractivity contribution in [2.45, 2.75) is 39.7 Å². The number of allylic oxidation sites excluding steroid dienone is 4. The number of nitrogens with one attached hydrogen (secondary N) is 1. The molecule has 7 nitrogen and oxygen atoms in total. The Morgan fingerprint density at radius 3 is 2.74 bits per heavy atom. The number of ketones is 1. The molecule has 1 N–H and O–H groups in total. The quantitative estimate of drug-likeness (QED) is 0.563. The van der Waals surface area contributed by atoms with E-state index in [1.165, 1.54) is 13.0 Å². The van der Waals surface area contributed by atoms with Crippen LogP contribution in [0.25, 0.3) is 11.3 Å². The van der Waals surface area contributed by atoms with Crippen LogP contribution in [0, 0.1) is 12.7 Å². The van der Waals surface area contributed by atoms with Crippen molar-refractivity contribution in [1.29, 1.82) is 0 Å². The first kappa shape index (κ1) is 26.6. The summed E-state index contributed by atoms with van der Waals surface area (Å²) in [5.41, 5.74) is 6.74. The van der Waals surface area contributed by atoms with Crippen LogP contribution in [0.2, 0.25) is 0 Å². The molecule has 4 heterocycles. The first-order valence-electron chi connectivity index (χ1n) is 13.3. The summed E-state index contributed by atoms with van der Waals surface area (Å²) < 4.78 is 16.6. The lowest BCUT2D eigenvalue weighted by Crippen LogP contribution is -2.41. The Labute approximate surface area is 228 Å². The van der Waals surface area contributed by atoms with Crippen molar-refractivity contribution in [3.05, 3.63) is 98.9 Å². The van der Waals surface area contributed by atoms with Gasteiger partial charge in [-0.1, -0.05) is 12.7 Å². The van der Waals surface area contributed by atoms with E-state index in [-0.39, 0.29) is 23.2 Å². The average Bonchev–Trinajstić information content (AvgIpc) is 3.39. The minimum absolute atomic E-state index is 0.00646. The Balaban J connectivity index is 1.39. The number of pyridine rings is 1. The van der Waals surface area contributed by atoms with Gasteiger partial charge in [-0.3, -0.25) is 24.1 Å². The number of nitrogens with zero attached hydrogens (tertiary/aromatic N) is 4. The highest BCUT2D eigenvalue weighted by molar-refractivity contribution is 5.94. The zero-order chi connectivity index (χ0) is 27.8. The van der Waals surface area contributed by atoms with Crippen molar-refractivity contribution in [1.82, 2.24) is 14.5 Å². The lowest BCUT2D eigenvalue weighted by Gasteiger charge is -2.36. The van der Waals surface area contributed by atoms with Crippen molar-refractivity contribution in [2.24, 2.45) is 5.10 Å². The molecule has 0 aliphatic carbocycles. The summed E-state index contributed by atoms with van der Waals surface area (Å²) in [7, 11) is 1.90. The summed E-state index contributed by atoms with van der Waals surface area (Å²) in [6.45, 7) is 11.9. The Kier molecular flexibility index (Phi) is 7.23. The van der Waals surface area contributed by atoms with Gasteiger partial charge >= 0.3 is 0 Å². The lowest BCUT2D eigenvalue weighted by atomic mass is 9.92. The second-order valence-electron chi connectivity index (χ2n) is 10.4. The van der Waals surface area contributed by atoms with E-state index >= 15 is 0 Å². The number of likely N-dealkylation sites (N-methyl/N-ethyl adjacent to an activating group) is 1. The topological polar surface area (TPSA) is 69.9 Å². The van der Waals surface area contributed by atoms with Gasteiger partial charge < -0.3 is 5.32 Å². The smallest absolute Gasteiger partial charge is 0.260 e. The number of aryl methyl sites for hydroxylation is 1. The highest BCUT2D eigenvalue weighted by Gasteiger charge is 2.26. The Hall–Kier alpha value is -4.04. The van der Waals surface area contributed by atoms with Gasteiger partial charge in [-0.2, -0.15) is 5.10 Å². The van der Waals surface area contributed by atoms with E-state index in [1.807, 2.05) is 37.2 Å². The molecule has 3 aliphatic heterocycles. The lowest BCUT2D eigenvalue weighted by molar-refractivity contribution is 0.101. The van der Waals surface area contributed by atoms with Gasteiger partial charge in [0.2, 0.25) is 0 Å². The second-order valence-corrected chi connectivity index (χ2v) is 10.4. The molecule has 0 amide bonds. The molecule has 1 aromatic heterocycles. The predicted molar refractivity (Wildman–Crippen MR) is 155 cm³/mol. The molecule has 0 saturated heterocycles. The summed E-state index contributed by atoms with van der Waals surface area (Å²) >= 11 is 0. The number of carbonyl (C=O) groups excluding carboxylic acids is 1. The van der Waals surface area contributed by atoms with Gasteiger partial charge in [-0.05, 0) is 80.7 Å². The van der Waals surface area contributed by atoms with Gasteiger partial charge in [0, 0.05) is 67.5 Å². The van der Waals surface area contributed by atoms with Gasteiger partial charge in [0.25, 0.3) is 5.56 Å². The van der Waals surface area contributed by atoms with Gasteiger partial charge in [-0.15, -0.1) is 0 Å². The third-order valence-corrected chi connectivity index (χ3v) is 7.87. The van der Waals surface area contributed by atoms with E-state index in [0.717, 1.165) is 46.7 Å². The number of benzene rings is 1. The number of aromatic nitrogens is 1. The maximum Gasteiger partial charge on any atom is 0.260 e. The van der Waals surface area contributed by atoms with Gasteiger partial charge in [-0.25, -0.2) is 4.39 Å². The number of hydrogen-bond donors (Lipinski definition) is 1. The van der Waals surface area contributed by atoms with Gasteiger partial charge in [0.1, 0.15) is 5.82 Å². The molecule has 202 valence electrons. The average molecular weight is 528 g/mol. The fourth-order valence-corrected chi connectivity index (χ4v) is 5.65. The third-order valence-electron chi connectivity index (χ3n) is 7.87. The normalized spacial score (nSPS) is 21.9. The number of hydrogen-bond acceptors (Lipinski definition) is 6. The van der Waals surface area contributed by atoms with Crippen LogP contribution in [0.5, 0.6) is 0 Å². The van der Waals surface area contributed by atoms with E-state index in [0.29, 0.717) is 36.2 Å². The SMILES string of the molecule is C=C1/C=C(/C(C)N2CC=C(c3c(C)cc(C(C)=O)cc3F)CC2)N(C)/N=C\C=C/1n1ccc2c(c1=O)CCN2. The Morgan fingerprint density at radius 1 is 1.26 bits per heavy atom. The maximum absolute atomic E-state index is 15.0. The van der Waals surface area contributed by atoms with Gasteiger partial charge in [0.15, 0.2) is 5.78 Å². The fourth-order valence-electron chi connectivity index (χ4n) is 5.65. The number of carbonyl (C=O) groups is 1. The molecule has 0 bridgehead atoms. The molecule has 1 unspecified atom stereocenters. The number of anilines is 1. The van der Waals surface area contributed by atoms with Crippen molar-refractivity contribution in [3.8, 4) is 0 Å². The van der Waals surface area contributed by atoms with Crippen LogP contribution in [0.15, 0.2) is 70.4 Å². The van der Waals surface area contributed by atoms with E-state index in [2.05, 4.69) is 34.9 Å². The van der Waals surface area contributed by atoms with E-state index in [1.54, 1.807) is 23.0 Å². The Morgan fingerprint density at radius 2 is 2.05 bits per heavy atom. The van der Waals surface area contributed by atoms with E-state index in [4.69, 9.17) is 0 Å². The molecular formula is C31H34FN5O2. The number of rotatable bonds is 5. The number of fused-ring (bicyclic) bond motifs is 1. The predicted octanol–water partition coefficient (Wildman–Crippen LogP) is 4.86. The van der Waals surface area contributed by atoms with E-state index < -0.39 is 0 Å². The van der Waals surface area contributed by atoms with Crippen molar-refractivity contribution in [3.63, 3.8) is 0 Å². The summed E-state index contributed by atoms with van der Waals surface area (Å²) in [4.78, 5) is 27.2. The van der Waals surface area contributed by atoms with Crippen LogP contribution in [-0.4, -0.2) is 59.2 Å². The van der Waals surface area contributed by atoms with Crippen LogP contribution < -0.4 is 10.9 Å². The molecule has 0 fully saturated rings. The standard InChI is InChI=1S/C31H34FN5O2/c1-19-17-29(35(5)34-12-7-28(19)37-15-10-27-25(31(37)39)6-11-33-27)21(3)36-13-8-23(9-14-36)30-20(2)16-24(22(4)38)18-26(30)32/h7-8,10,12,15-18,21,33H,1,6,9,11,13-14H2,2-5H3/b28-7+,29-17-,34-12-. The molecule has 2 aromatic rings. The van der Waals surface area contributed by atoms with Crippen LogP contribution in [0.1, 0.15) is 47.3 Å². The highest BCUT2D eigenvalue weighted by atomic mass is 19.1. The third kappa shape index (κ3) is 5.04. The summed E-state index contributed by atoms with van der Waals surface area (Å²) in [5, 5.41) is 9.66. The molecule has 0 saturated carbocycles. The molecule has 1 aromatic carbocycles. The molecule has 8 heteroatoms. The zero-order valence-electron chi connectivity index (χ0n) is 22.9. The summed E-state index contributed by atoms with van der Waals surface area (Å²) in [6.07, 6.45) is 10.8. The van der Waals surface area contributed by atoms with Crippen LogP contribution >= 0.6 is 0 Å². The van der Waals surface area contributed by atoms with Crippen molar-refractivity contribution < 1.29 is 9.18 Å². The molecule has 0 radical (unpaired) electrons. The highest BCUT2D eigenvalue weighted by Crippen LogP contribution is 2.31. The maximum atomic E-state index is 15.0. The van der Waals surface area contributed by atoms with Gasteiger partial charge in [0.05, 0.1) is 11.4 Å². The largest absolute Gasteiger partial charge is 0.384 e. The molecule has 39 heavy (non-hydrogen) atoms. The monoisotopic (exact) mass is 527 g/mol. The molecule has 3 aliphatic rings. The number of Topliss-reactive ketones (excluding diaryl/α,β-unsaturated/α-hetero) is 1. The molecule has 1 atom stereocenters. The van der Waals surface area contributed by atoms with E-state index in [9.17, 15) is 14.0 Å². The Bertz CT molecular complexity index is 1520. The number of hydrazone groups is 1. The summed E-state index contributed by atoms with van der Waals surface area (Å²) in [5.74, 6) is -0.490. The number of halogens is 1. The molecular weight excluding hydrogens is 493 g/mol. The second kappa shape index (κ2) is 10.6. The van der Waals surface area contributed by atoms with Crippen molar-refractivity contribution >= 4 is 29.0 Å². The van der Waals surface area contributed by atoms with Crippen LogP contribution in [0.4, 0.5) is 10.1 Å². The molecule has 0 spiro atoms. The first-order chi connectivity index (χ1) is 18.7. The summed E-state index contributed by atoms with van der Waals surface area (Å²) in [6, 6.07) is 5.03. The van der Waals surface area contributed by atoms with Crippen molar-refractivity contribution in [2.75, 3.05) is 32.0 Å². The minimum Gasteiger partial charge on any atom is -0.384 e. The fraction of sp³-hybridized carbons (Fsp3) is 0.323. The first-order valence-corrected chi connectivity index (χ1v) is 13.3. The minimum atomic E-state index is -0.349. The van der Waals surface area contributed by atoms with Crippen LogP contribution in [-0.2, 0) is 6.42 Å². The zero-order valence-corrected chi connectivity index (χ0v) is 22.9.